The monoisotopic (exact) mass is 366 g/mol. The maximum Gasteiger partial charge on any atom is 0.343 e. The number of methoxy groups -OCH3 is 1. The maximum absolute atomic E-state index is 13.6. The molecule has 1 saturated heterocycles. The number of aliphatic hydroxyl groups is 2. The van der Waals surface area contributed by atoms with Gasteiger partial charge in [0, 0.05) is 31.2 Å². The van der Waals surface area contributed by atoms with Gasteiger partial charge in [0.05, 0.1) is 13.2 Å². The third-order valence-electron chi connectivity index (χ3n) is 4.56. The lowest BCUT2D eigenvalue weighted by atomic mass is 9.94. The second kappa shape index (κ2) is 7.30. The molecule has 1 aromatic carbocycles. The molecule has 3 rings (SSSR count). The van der Waals surface area contributed by atoms with Crippen LogP contribution in [0.15, 0.2) is 22.7 Å². The van der Waals surface area contributed by atoms with Crippen LogP contribution in [0.25, 0.3) is 11.3 Å². The van der Waals surface area contributed by atoms with Crippen LogP contribution in [-0.2, 0) is 0 Å². The Labute approximate surface area is 148 Å². The third-order valence-corrected chi connectivity index (χ3v) is 4.56. The molecule has 0 saturated carbocycles. The molecule has 0 spiro atoms. The normalized spacial score (nSPS) is 20.2. The Morgan fingerprint density at radius 3 is 2.88 bits per heavy atom. The summed E-state index contributed by atoms with van der Waals surface area (Å²) in [4.78, 5) is 13.4. The van der Waals surface area contributed by atoms with E-state index in [4.69, 9.17) is 9.26 Å². The number of aromatic nitrogens is 1. The van der Waals surface area contributed by atoms with Gasteiger partial charge in [0.1, 0.15) is 0 Å². The molecule has 2 atom stereocenters. The molecule has 1 aliphatic heterocycles. The summed E-state index contributed by atoms with van der Waals surface area (Å²) in [6.45, 7) is 0.408. The van der Waals surface area contributed by atoms with Gasteiger partial charge in [-0.3, -0.25) is 0 Å². The highest BCUT2D eigenvalue weighted by Gasteiger charge is 2.33. The zero-order valence-corrected chi connectivity index (χ0v) is 14.1. The van der Waals surface area contributed by atoms with Gasteiger partial charge in [0.2, 0.25) is 0 Å². The van der Waals surface area contributed by atoms with Gasteiger partial charge in [0.15, 0.2) is 28.7 Å². The molecule has 2 aromatic rings. The second-order valence-corrected chi connectivity index (χ2v) is 6.11. The molecule has 0 unspecified atom stereocenters. The molecule has 3 N–H and O–H groups in total. The molecule has 26 heavy (non-hydrogen) atoms. The first-order chi connectivity index (χ1) is 12.5. The summed E-state index contributed by atoms with van der Waals surface area (Å²) in [5.74, 6) is -2.07. The van der Waals surface area contributed by atoms with E-state index in [9.17, 15) is 24.5 Å². The summed E-state index contributed by atoms with van der Waals surface area (Å²) >= 11 is 0. The molecule has 8 nitrogen and oxygen atoms in total. The number of benzene rings is 1. The summed E-state index contributed by atoms with van der Waals surface area (Å²) in [6, 6.07) is 3.86. The summed E-state index contributed by atoms with van der Waals surface area (Å²) in [5.41, 5.74) is 0.138. The van der Waals surface area contributed by atoms with Crippen molar-refractivity contribution in [1.29, 1.82) is 0 Å². The van der Waals surface area contributed by atoms with Crippen molar-refractivity contribution in [3.05, 3.63) is 29.6 Å². The Morgan fingerprint density at radius 1 is 1.50 bits per heavy atom. The predicted molar refractivity (Wildman–Crippen MR) is 88.8 cm³/mol. The molecule has 0 bridgehead atoms. The van der Waals surface area contributed by atoms with Crippen molar-refractivity contribution >= 4 is 11.8 Å². The van der Waals surface area contributed by atoms with Crippen LogP contribution in [-0.4, -0.2) is 59.4 Å². The van der Waals surface area contributed by atoms with E-state index in [0.29, 0.717) is 18.5 Å². The highest BCUT2D eigenvalue weighted by Crippen LogP contribution is 2.35. The molecule has 0 amide bonds. The highest BCUT2D eigenvalue weighted by atomic mass is 19.1. The number of ether oxygens (including phenoxy) is 1. The Hall–Kier alpha value is -2.65. The van der Waals surface area contributed by atoms with Gasteiger partial charge < -0.3 is 29.5 Å². The SMILES string of the molecule is COc1cc(-c2onc(N3CC[C@H](CO)[C@@H](O)C3)c2C(=O)O)ccc1F. The Balaban J connectivity index is 1.99. The fourth-order valence-electron chi connectivity index (χ4n) is 3.07. The number of carboxylic acid groups (broad SMARTS) is 1. The minimum atomic E-state index is -1.25. The van der Waals surface area contributed by atoms with Crippen LogP contribution in [0.4, 0.5) is 10.2 Å². The van der Waals surface area contributed by atoms with Gasteiger partial charge in [-0.1, -0.05) is 5.16 Å². The molecule has 1 fully saturated rings. The van der Waals surface area contributed by atoms with Crippen molar-refractivity contribution in [3.63, 3.8) is 0 Å². The zero-order chi connectivity index (χ0) is 18.8. The Kier molecular flexibility index (Phi) is 5.10. The van der Waals surface area contributed by atoms with Crippen LogP contribution in [0.2, 0.25) is 0 Å². The minimum Gasteiger partial charge on any atom is -0.494 e. The summed E-state index contributed by atoms with van der Waals surface area (Å²) in [7, 11) is 1.30. The lowest BCUT2D eigenvalue weighted by Gasteiger charge is -2.35. The molecule has 0 aliphatic carbocycles. The van der Waals surface area contributed by atoms with Crippen molar-refractivity contribution in [3.8, 4) is 17.1 Å². The quantitative estimate of drug-likeness (QED) is 0.726. The lowest BCUT2D eigenvalue weighted by molar-refractivity contribution is 0.0540. The molecule has 140 valence electrons. The average Bonchev–Trinajstić information content (AvgIpc) is 3.07. The van der Waals surface area contributed by atoms with Crippen LogP contribution >= 0.6 is 0 Å². The molecule has 0 radical (unpaired) electrons. The van der Waals surface area contributed by atoms with Gasteiger partial charge in [-0.15, -0.1) is 0 Å². The lowest BCUT2D eigenvalue weighted by Crippen LogP contribution is -2.45. The topological polar surface area (TPSA) is 116 Å². The molecule has 9 heteroatoms. The van der Waals surface area contributed by atoms with Gasteiger partial charge >= 0.3 is 5.97 Å². The van der Waals surface area contributed by atoms with Gasteiger partial charge in [-0.2, -0.15) is 0 Å². The maximum atomic E-state index is 13.6. The minimum absolute atomic E-state index is 0.0235. The largest absolute Gasteiger partial charge is 0.494 e. The first-order valence-corrected chi connectivity index (χ1v) is 8.07. The number of anilines is 1. The van der Waals surface area contributed by atoms with Crippen LogP contribution in [0.3, 0.4) is 0 Å². The zero-order valence-electron chi connectivity index (χ0n) is 14.1. The van der Waals surface area contributed by atoms with Crippen molar-refractivity contribution in [2.75, 3.05) is 31.7 Å². The van der Waals surface area contributed by atoms with Crippen LogP contribution in [0.1, 0.15) is 16.8 Å². The van der Waals surface area contributed by atoms with Gasteiger partial charge in [0.25, 0.3) is 0 Å². The molecule has 1 aromatic heterocycles. The number of carbonyl (C=O) groups is 1. The summed E-state index contributed by atoms with van der Waals surface area (Å²) in [5, 5.41) is 32.8. The van der Waals surface area contributed by atoms with E-state index in [1.165, 1.54) is 19.2 Å². The van der Waals surface area contributed by atoms with Crippen LogP contribution in [0.5, 0.6) is 5.75 Å². The van der Waals surface area contributed by atoms with E-state index in [0.717, 1.165) is 6.07 Å². The molecule has 2 heterocycles. The number of aliphatic hydroxyl groups excluding tert-OH is 2. The molecular weight excluding hydrogens is 347 g/mol. The van der Waals surface area contributed by atoms with Gasteiger partial charge in [-0.05, 0) is 24.6 Å². The standard InChI is InChI=1S/C17H19FN2O6/c1-25-13-6-9(2-3-11(13)18)15-14(17(23)24)16(19-26-15)20-5-4-10(8-21)12(22)7-20/h2-3,6,10,12,21-22H,4-5,7-8H2,1H3,(H,23,24)/t10-,12+/m1/s1. The Bertz CT molecular complexity index is 809. The smallest absolute Gasteiger partial charge is 0.343 e. The first-order valence-electron chi connectivity index (χ1n) is 8.07. The van der Waals surface area contributed by atoms with Crippen molar-refractivity contribution in [1.82, 2.24) is 5.16 Å². The van der Waals surface area contributed by atoms with E-state index in [-0.39, 0.29) is 42.0 Å². The van der Waals surface area contributed by atoms with E-state index in [1.54, 1.807) is 4.90 Å². The number of halogens is 1. The molecule has 1 aliphatic rings. The predicted octanol–water partition coefficient (Wildman–Crippen LogP) is 1.37. The van der Waals surface area contributed by atoms with Crippen LogP contribution in [0, 0.1) is 11.7 Å². The number of carboxylic acids is 1. The number of piperidine rings is 1. The highest BCUT2D eigenvalue weighted by molar-refractivity contribution is 5.99. The second-order valence-electron chi connectivity index (χ2n) is 6.11. The van der Waals surface area contributed by atoms with Crippen LogP contribution < -0.4 is 9.64 Å². The van der Waals surface area contributed by atoms with Crippen molar-refractivity contribution in [2.24, 2.45) is 5.92 Å². The fourth-order valence-corrected chi connectivity index (χ4v) is 3.07. The Morgan fingerprint density at radius 2 is 2.27 bits per heavy atom. The van der Waals surface area contributed by atoms with Crippen molar-refractivity contribution in [2.45, 2.75) is 12.5 Å². The molecular formula is C17H19FN2O6. The number of hydrogen-bond donors (Lipinski definition) is 3. The average molecular weight is 366 g/mol. The van der Waals surface area contributed by atoms with E-state index >= 15 is 0 Å². The summed E-state index contributed by atoms with van der Waals surface area (Å²) in [6.07, 6.45) is -0.315. The number of hydrogen-bond acceptors (Lipinski definition) is 7. The van der Waals surface area contributed by atoms with Gasteiger partial charge in [-0.25, -0.2) is 9.18 Å². The van der Waals surface area contributed by atoms with Crippen molar-refractivity contribution < 1.29 is 33.8 Å². The van der Waals surface area contributed by atoms with E-state index in [1.807, 2.05) is 0 Å². The van der Waals surface area contributed by atoms with E-state index < -0.39 is 17.9 Å². The number of nitrogens with zero attached hydrogens (tertiary/aromatic N) is 2. The summed E-state index contributed by atoms with van der Waals surface area (Å²) < 4.78 is 23.8. The fraction of sp³-hybridized carbons (Fsp3) is 0.412. The third kappa shape index (κ3) is 3.23. The first kappa shape index (κ1) is 18.2. The number of rotatable bonds is 5. The number of β-amino-alcohol motifs (C(OH)–C–C–N with tert-alkyl or cyclic N) is 1. The van der Waals surface area contributed by atoms with E-state index in [2.05, 4.69) is 5.16 Å². The number of aromatic carboxylic acids is 1.